The molecule has 2 rings (SSSR count). The second kappa shape index (κ2) is 5.88. The number of nitro groups is 1. The van der Waals surface area contributed by atoms with E-state index in [0.717, 1.165) is 12.1 Å². The number of anilines is 1. The Hall–Kier alpha value is -2.47. The van der Waals surface area contributed by atoms with E-state index in [9.17, 15) is 19.3 Å². The normalized spacial score (nSPS) is 10.2. The summed E-state index contributed by atoms with van der Waals surface area (Å²) in [4.78, 5) is 21.7. The molecule has 0 bridgehead atoms. The van der Waals surface area contributed by atoms with Crippen molar-refractivity contribution in [2.24, 2.45) is 0 Å². The maximum atomic E-state index is 13.5. The van der Waals surface area contributed by atoms with Gasteiger partial charge in [-0.15, -0.1) is 0 Å². The smallest absolute Gasteiger partial charge is 0.304 e. The van der Waals surface area contributed by atoms with E-state index in [0.29, 0.717) is 16.3 Å². The lowest BCUT2D eigenvalue weighted by atomic mass is 10.1. The van der Waals surface area contributed by atoms with E-state index in [1.807, 2.05) is 0 Å². The van der Waals surface area contributed by atoms with Gasteiger partial charge in [-0.05, 0) is 36.8 Å². The quantitative estimate of drug-likeness (QED) is 0.689. The summed E-state index contributed by atoms with van der Waals surface area (Å²) in [6.07, 6.45) is 0. The van der Waals surface area contributed by atoms with Crippen molar-refractivity contribution in [2.45, 2.75) is 6.92 Å². The van der Waals surface area contributed by atoms with Crippen molar-refractivity contribution in [2.75, 3.05) is 5.32 Å². The molecule has 21 heavy (non-hydrogen) atoms. The van der Waals surface area contributed by atoms with Crippen LogP contribution in [0.15, 0.2) is 36.4 Å². The molecule has 7 heteroatoms. The molecular weight excluding hydrogens is 299 g/mol. The summed E-state index contributed by atoms with van der Waals surface area (Å²) in [6, 6.07) is 7.97. The molecule has 0 heterocycles. The van der Waals surface area contributed by atoms with E-state index < -0.39 is 22.3 Å². The Bertz CT molecular complexity index is 734. The molecule has 0 fully saturated rings. The lowest BCUT2D eigenvalue weighted by Gasteiger charge is -2.09. The number of hydrogen-bond acceptors (Lipinski definition) is 3. The van der Waals surface area contributed by atoms with E-state index in [4.69, 9.17) is 11.6 Å². The molecule has 108 valence electrons. The molecule has 0 spiro atoms. The number of benzene rings is 2. The Morgan fingerprint density at radius 1 is 1.33 bits per heavy atom. The highest BCUT2D eigenvalue weighted by molar-refractivity contribution is 6.31. The number of nitro benzene ring substituents is 1. The van der Waals surface area contributed by atoms with Gasteiger partial charge < -0.3 is 5.32 Å². The number of nitrogens with zero attached hydrogens (tertiary/aromatic N) is 1. The largest absolute Gasteiger partial charge is 0.322 e. The fourth-order valence-corrected chi connectivity index (χ4v) is 1.91. The van der Waals surface area contributed by atoms with Crippen LogP contribution in [-0.2, 0) is 0 Å². The van der Waals surface area contributed by atoms with E-state index in [1.165, 1.54) is 6.07 Å². The third-order valence-corrected chi connectivity index (χ3v) is 3.33. The molecule has 5 nitrogen and oxygen atoms in total. The van der Waals surface area contributed by atoms with Gasteiger partial charge in [0, 0.05) is 22.3 Å². The minimum absolute atomic E-state index is 0.0162. The third-order valence-electron chi connectivity index (χ3n) is 2.92. The van der Waals surface area contributed by atoms with Crippen molar-refractivity contribution >= 4 is 28.9 Å². The van der Waals surface area contributed by atoms with Gasteiger partial charge in [0.1, 0.15) is 0 Å². The second-order valence-corrected chi connectivity index (χ2v) is 4.70. The molecule has 0 aliphatic heterocycles. The molecular formula is C14H10ClFN2O3. The van der Waals surface area contributed by atoms with Crippen molar-refractivity contribution in [3.8, 4) is 0 Å². The number of hydrogen-bond donors (Lipinski definition) is 1. The Balaban J connectivity index is 2.27. The summed E-state index contributed by atoms with van der Waals surface area (Å²) in [5, 5.41) is 13.6. The minimum Gasteiger partial charge on any atom is -0.322 e. The van der Waals surface area contributed by atoms with Gasteiger partial charge in [0.05, 0.1) is 4.92 Å². The lowest BCUT2D eigenvalue weighted by molar-refractivity contribution is -0.387. The number of nitrogens with one attached hydrogen (secondary N) is 1. The van der Waals surface area contributed by atoms with Gasteiger partial charge in [0.25, 0.3) is 5.91 Å². The van der Waals surface area contributed by atoms with Crippen LogP contribution < -0.4 is 5.32 Å². The molecule has 0 atom stereocenters. The van der Waals surface area contributed by atoms with Gasteiger partial charge >= 0.3 is 5.69 Å². The average molecular weight is 309 g/mol. The number of carbonyl (C=O) groups excluding carboxylic acids is 1. The number of amides is 1. The predicted molar refractivity (Wildman–Crippen MR) is 77.2 cm³/mol. The molecule has 0 saturated heterocycles. The number of rotatable bonds is 3. The van der Waals surface area contributed by atoms with Crippen molar-refractivity contribution in [1.29, 1.82) is 0 Å². The Labute approximate surface area is 124 Å². The summed E-state index contributed by atoms with van der Waals surface area (Å²) in [5.41, 5.74) is 0.476. The van der Waals surface area contributed by atoms with Gasteiger partial charge in [0.15, 0.2) is 0 Å². The van der Waals surface area contributed by atoms with E-state index in [-0.39, 0.29) is 5.56 Å². The highest BCUT2D eigenvalue weighted by Gasteiger charge is 2.17. The van der Waals surface area contributed by atoms with Gasteiger partial charge in [-0.2, -0.15) is 4.39 Å². The molecule has 0 aromatic heterocycles. The summed E-state index contributed by atoms with van der Waals surface area (Å²) in [7, 11) is 0. The average Bonchev–Trinajstić information content (AvgIpc) is 2.43. The third kappa shape index (κ3) is 3.17. The molecule has 0 saturated carbocycles. The van der Waals surface area contributed by atoms with Crippen LogP contribution in [0.25, 0.3) is 0 Å². The predicted octanol–water partition coefficient (Wildman–Crippen LogP) is 3.95. The maximum absolute atomic E-state index is 13.5. The molecule has 1 amide bonds. The minimum atomic E-state index is -1.06. The fraction of sp³-hybridized carbons (Fsp3) is 0.0714. The zero-order valence-electron chi connectivity index (χ0n) is 10.9. The monoisotopic (exact) mass is 308 g/mol. The van der Waals surface area contributed by atoms with Gasteiger partial charge in [-0.25, -0.2) is 0 Å². The Morgan fingerprint density at radius 3 is 2.67 bits per heavy atom. The Kier molecular flexibility index (Phi) is 4.18. The number of halogens is 2. The summed E-state index contributed by atoms with van der Waals surface area (Å²) in [5.74, 6) is -1.63. The van der Waals surface area contributed by atoms with Crippen LogP contribution in [0.3, 0.4) is 0 Å². The topological polar surface area (TPSA) is 72.2 Å². The summed E-state index contributed by atoms with van der Waals surface area (Å²) < 4.78 is 13.5. The van der Waals surface area contributed by atoms with E-state index in [2.05, 4.69) is 5.32 Å². The summed E-state index contributed by atoms with van der Waals surface area (Å²) >= 11 is 5.94. The van der Waals surface area contributed by atoms with Crippen LogP contribution in [0.1, 0.15) is 15.9 Å². The molecule has 0 aliphatic rings. The van der Waals surface area contributed by atoms with Crippen LogP contribution in [0.2, 0.25) is 5.02 Å². The highest BCUT2D eigenvalue weighted by Crippen LogP contribution is 2.24. The van der Waals surface area contributed by atoms with Crippen molar-refractivity contribution in [3.05, 3.63) is 68.5 Å². The van der Waals surface area contributed by atoms with Gasteiger partial charge in [-0.3, -0.25) is 14.9 Å². The lowest BCUT2D eigenvalue weighted by Crippen LogP contribution is -2.13. The second-order valence-electron chi connectivity index (χ2n) is 4.29. The standard InChI is InChI=1S/C14H10ClFN2O3/c1-8-10(15)3-2-4-12(8)17-14(19)9-5-6-13(18(20)21)11(16)7-9/h2-7H,1H3,(H,17,19). The van der Waals surface area contributed by atoms with Crippen LogP contribution in [0.4, 0.5) is 15.8 Å². The van der Waals surface area contributed by atoms with E-state index >= 15 is 0 Å². The molecule has 2 aromatic carbocycles. The van der Waals surface area contributed by atoms with Crippen LogP contribution in [0.5, 0.6) is 0 Å². The highest BCUT2D eigenvalue weighted by atomic mass is 35.5. The zero-order chi connectivity index (χ0) is 15.6. The first-order valence-corrected chi connectivity index (χ1v) is 6.28. The fourth-order valence-electron chi connectivity index (χ4n) is 1.73. The first kappa shape index (κ1) is 14.9. The molecule has 2 aromatic rings. The summed E-state index contributed by atoms with van der Waals surface area (Å²) in [6.45, 7) is 1.73. The van der Waals surface area contributed by atoms with Gasteiger partial charge in [0.2, 0.25) is 5.82 Å². The van der Waals surface area contributed by atoms with Crippen LogP contribution in [-0.4, -0.2) is 10.8 Å². The molecule has 0 aliphatic carbocycles. The van der Waals surface area contributed by atoms with Crippen molar-refractivity contribution in [1.82, 2.24) is 0 Å². The molecule has 1 N–H and O–H groups in total. The van der Waals surface area contributed by atoms with Gasteiger partial charge in [-0.1, -0.05) is 17.7 Å². The molecule has 0 radical (unpaired) electrons. The Morgan fingerprint density at radius 2 is 2.05 bits per heavy atom. The number of carbonyl (C=O) groups is 1. The SMILES string of the molecule is Cc1c(Cl)cccc1NC(=O)c1ccc([N+](=O)[O-])c(F)c1. The van der Waals surface area contributed by atoms with Crippen molar-refractivity contribution < 1.29 is 14.1 Å². The molecule has 0 unspecified atom stereocenters. The van der Waals surface area contributed by atoms with Crippen molar-refractivity contribution in [3.63, 3.8) is 0 Å². The van der Waals surface area contributed by atoms with Crippen LogP contribution >= 0.6 is 11.6 Å². The first-order chi connectivity index (χ1) is 9.90. The first-order valence-electron chi connectivity index (χ1n) is 5.90. The van der Waals surface area contributed by atoms with Crippen LogP contribution in [0, 0.1) is 22.9 Å². The zero-order valence-corrected chi connectivity index (χ0v) is 11.6. The van der Waals surface area contributed by atoms with E-state index in [1.54, 1.807) is 25.1 Å². The maximum Gasteiger partial charge on any atom is 0.304 e.